The van der Waals surface area contributed by atoms with Crippen molar-refractivity contribution in [3.05, 3.63) is 29.8 Å². The first-order valence-electron chi connectivity index (χ1n) is 4.95. The van der Waals surface area contributed by atoms with Crippen LogP contribution in [0.3, 0.4) is 0 Å². The molecule has 0 aromatic heterocycles. The highest BCUT2D eigenvalue weighted by Crippen LogP contribution is 2.11. The number of ether oxygens (including phenoxy) is 1. The maximum Gasteiger partial charge on any atom is 0.248 e. The van der Waals surface area contributed by atoms with Gasteiger partial charge in [-0.3, -0.25) is 9.69 Å². The second-order valence-electron chi connectivity index (χ2n) is 3.46. The zero-order valence-electron chi connectivity index (χ0n) is 9.22. The molecule has 0 radical (unpaired) electrons. The van der Waals surface area contributed by atoms with Gasteiger partial charge in [0, 0.05) is 12.1 Å². The predicted octanol–water partition coefficient (Wildman–Crippen LogP) is 0.0459. The minimum absolute atomic E-state index is 0.00394. The smallest absolute Gasteiger partial charge is 0.248 e. The fourth-order valence-electron chi connectivity index (χ4n) is 1.11. The average Bonchev–Trinajstić information content (AvgIpc) is 2.29. The molecule has 0 saturated carbocycles. The number of hydrogen-bond acceptors (Lipinski definition) is 4. The van der Waals surface area contributed by atoms with E-state index in [4.69, 9.17) is 15.6 Å². The van der Waals surface area contributed by atoms with Crippen LogP contribution in [0, 0.1) is 0 Å². The molecule has 5 nitrogen and oxygen atoms in total. The highest BCUT2D eigenvalue weighted by Gasteiger charge is 2.00. The Labute approximate surface area is 94.4 Å². The first-order chi connectivity index (χ1) is 7.63. The molecule has 0 unspecified atom stereocenters. The molecule has 0 fully saturated rings. The number of nitrogens with zero attached hydrogens (tertiary/aromatic N) is 1. The fourth-order valence-corrected chi connectivity index (χ4v) is 1.11. The van der Waals surface area contributed by atoms with E-state index in [-0.39, 0.29) is 6.73 Å². The lowest BCUT2D eigenvalue weighted by Crippen LogP contribution is -2.24. The van der Waals surface area contributed by atoms with Gasteiger partial charge in [0.1, 0.15) is 12.4 Å². The van der Waals surface area contributed by atoms with Crippen molar-refractivity contribution in [1.82, 2.24) is 4.90 Å². The Morgan fingerprint density at radius 2 is 2.06 bits per heavy atom. The van der Waals surface area contributed by atoms with Gasteiger partial charge in [0.2, 0.25) is 5.91 Å². The SMILES string of the molecule is CN(CO)CCOc1ccc(C(N)=O)cc1. The quantitative estimate of drug-likeness (QED) is 0.669. The third-order valence-corrected chi connectivity index (χ3v) is 2.12. The number of rotatable bonds is 6. The first kappa shape index (κ1) is 12.5. The highest BCUT2D eigenvalue weighted by molar-refractivity contribution is 5.92. The molecule has 0 atom stereocenters. The Balaban J connectivity index is 2.40. The van der Waals surface area contributed by atoms with Crippen LogP contribution in [0.5, 0.6) is 5.75 Å². The molecule has 1 aromatic carbocycles. The summed E-state index contributed by atoms with van der Waals surface area (Å²) in [4.78, 5) is 12.5. The predicted molar refractivity (Wildman–Crippen MR) is 60.2 cm³/mol. The van der Waals surface area contributed by atoms with E-state index >= 15 is 0 Å². The van der Waals surface area contributed by atoms with Crippen molar-refractivity contribution in [1.29, 1.82) is 0 Å². The summed E-state index contributed by atoms with van der Waals surface area (Å²) >= 11 is 0. The van der Waals surface area contributed by atoms with Crippen molar-refractivity contribution >= 4 is 5.91 Å². The van der Waals surface area contributed by atoms with E-state index in [1.54, 1.807) is 36.2 Å². The Kier molecular flexibility index (Phi) is 4.75. The number of carbonyl (C=O) groups is 1. The van der Waals surface area contributed by atoms with Crippen molar-refractivity contribution in [2.75, 3.05) is 26.9 Å². The van der Waals surface area contributed by atoms with Crippen LogP contribution in [0.15, 0.2) is 24.3 Å². The van der Waals surface area contributed by atoms with Gasteiger partial charge in [-0.15, -0.1) is 0 Å². The minimum Gasteiger partial charge on any atom is -0.492 e. The Morgan fingerprint density at radius 1 is 1.44 bits per heavy atom. The summed E-state index contributed by atoms with van der Waals surface area (Å²) in [5.74, 6) is 0.225. The van der Waals surface area contributed by atoms with E-state index in [0.717, 1.165) is 0 Å². The van der Waals surface area contributed by atoms with Gasteiger partial charge in [-0.05, 0) is 31.3 Å². The lowest BCUT2D eigenvalue weighted by atomic mass is 10.2. The summed E-state index contributed by atoms with van der Waals surface area (Å²) in [7, 11) is 1.79. The van der Waals surface area contributed by atoms with Crippen molar-refractivity contribution in [2.24, 2.45) is 5.73 Å². The maximum absolute atomic E-state index is 10.8. The van der Waals surface area contributed by atoms with Crippen molar-refractivity contribution in [2.45, 2.75) is 0 Å². The molecule has 1 rings (SSSR count). The van der Waals surface area contributed by atoms with Gasteiger partial charge in [0.05, 0.1) is 6.73 Å². The Morgan fingerprint density at radius 3 is 2.56 bits per heavy atom. The molecule has 1 amide bonds. The van der Waals surface area contributed by atoms with Gasteiger partial charge in [-0.25, -0.2) is 0 Å². The molecule has 0 aliphatic heterocycles. The lowest BCUT2D eigenvalue weighted by molar-refractivity contribution is 0.1000. The van der Waals surface area contributed by atoms with Gasteiger partial charge in [-0.1, -0.05) is 0 Å². The maximum atomic E-state index is 10.8. The topological polar surface area (TPSA) is 75.8 Å². The summed E-state index contributed by atoms with van der Waals surface area (Å²) in [6.45, 7) is 1.12. The number of nitrogens with two attached hydrogens (primary N) is 1. The van der Waals surface area contributed by atoms with Crippen LogP contribution in [0.25, 0.3) is 0 Å². The second kappa shape index (κ2) is 6.09. The molecule has 88 valence electrons. The van der Waals surface area contributed by atoms with Crippen LogP contribution in [0.4, 0.5) is 0 Å². The average molecular weight is 224 g/mol. The summed E-state index contributed by atoms with van der Waals surface area (Å²) in [6, 6.07) is 6.62. The first-order valence-corrected chi connectivity index (χ1v) is 4.95. The molecule has 5 heteroatoms. The van der Waals surface area contributed by atoms with Crippen LogP contribution >= 0.6 is 0 Å². The summed E-state index contributed by atoms with van der Waals surface area (Å²) in [5, 5.41) is 8.75. The fraction of sp³-hybridized carbons (Fsp3) is 0.364. The number of amides is 1. The zero-order valence-corrected chi connectivity index (χ0v) is 9.22. The summed E-state index contributed by atoms with van der Waals surface area (Å²) < 4.78 is 5.41. The number of likely N-dealkylation sites (N-methyl/N-ethyl adjacent to an activating group) is 1. The van der Waals surface area contributed by atoms with Gasteiger partial charge in [0.25, 0.3) is 0 Å². The molecule has 0 heterocycles. The minimum atomic E-state index is -0.452. The Hall–Kier alpha value is -1.59. The molecule has 0 aliphatic rings. The molecule has 0 aliphatic carbocycles. The number of carbonyl (C=O) groups excluding carboxylic acids is 1. The third kappa shape index (κ3) is 3.88. The second-order valence-corrected chi connectivity index (χ2v) is 3.46. The monoisotopic (exact) mass is 224 g/mol. The molecular formula is C11H16N2O3. The van der Waals surface area contributed by atoms with E-state index in [2.05, 4.69) is 0 Å². The van der Waals surface area contributed by atoms with E-state index < -0.39 is 5.91 Å². The number of hydrogen-bond donors (Lipinski definition) is 2. The normalized spacial score (nSPS) is 10.4. The molecule has 1 aromatic rings. The third-order valence-electron chi connectivity index (χ3n) is 2.12. The van der Waals surface area contributed by atoms with Gasteiger partial charge in [-0.2, -0.15) is 0 Å². The van der Waals surface area contributed by atoms with E-state index in [1.165, 1.54) is 0 Å². The number of benzene rings is 1. The van der Waals surface area contributed by atoms with Crippen LogP contribution in [0.1, 0.15) is 10.4 Å². The van der Waals surface area contributed by atoms with Gasteiger partial charge < -0.3 is 15.6 Å². The lowest BCUT2D eigenvalue weighted by Gasteiger charge is -2.13. The number of primary amides is 1. The van der Waals surface area contributed by atoms with Crippen molar-refractivity contribution in [3.8, 4) is 5.75 Å². The zero-order chi connectivity index (χ0) is 12.0. The van der Waals surface area contributed by atoms with Crippen molar-refractivity contribution in [3.63, 3.8) is 0 Å². The summed E-state index contributed by atoms with van der Waals surface area (Å²) in [6.07, 6.45) is 0. The van der Waals surface area contributed by atoms with E-state index in [0.29, 0.717) is 24.5 Å². The molecule has 0 saturated heterocycles. The van der Waals surface area contributed by atoms with Gasteiger partial charge in [0.15, 0.2) is 0 Å². The van der Waals surface area contributed by atoms with Crippen LogP contribution < -0.4 is 10.5 Å². The molecule has 0 bridgehead atoms. The van der Waals surface area contributed by atoms with Crippen LogP contribution in [-0.2, 0) is 0 Å². The number of aliphatic hydroxyl groups excluding tert-OH is 1. The van der Waals surface area contributed by atoms with Crippen LogP contribution in [0.2, 0.25) is 0 Å². The van der Waals surface area contributed by atoms with Crippen LogP contribution in [-0.4, -0.2) is 42.8 Å². The standard InChI is InChI=1S/C11H16N2O3/c1-13(8-14)6-7-16-10-4-2-9(3-5-10)11(12)15/h2-5,14H,6-8H2,1H3,(H2,12,15). The molecule has 0 spiro atoms. The highest BCUT2D eigenvalue weighted by atomic mass is 16.5. The molecule has 16 heavy (non-hydrogen) atoms. The largest absolute Gasteiger partial charge is 0.492 e. The number of aliphatic hydroxyl groups is 1. The van der Waals surface area contributed by atoms with Crippen molar-refractivity contribution < 1.29 is 14.6 Å². The Bertz CT molecular complexity index is 338. The molecular weight excluding hydrogens is 208 g/mol. The van der Waals surface area contributed by atoms with E-state index in [9.17, 15) is 4.79 Å². The molecule has 3 N–H and O–H groups in total. The summed E-state index contributed by atoms with van der Waals surface area (Å²) in [5.41, 5.74) is 5.57. The van der Waals surface area contributed by atoms with E-state index in [1.807, 2.05) is 0 Å². The van der Waals surface area contributed by atoms with Gasteiger partial charge >= 0.3 is 0 Å².